The van der Waals surface area contributed by atoms with Crippen LogP contribution in [0.1, 0.15) is 5.56 Å². The quantitative estimate of drug-likeness (QED) is 0.905. The predicted molar refractivity (Wildman–Crippen MR) is 79.7 cm³/mol. The van der Waals surface area contributed by atoms with Crippen LogP contribution in [0.25, 0.3) is 0 Å². The molecule has 1 fully saturated rings. The SMILES string of the molecule is Cc1cc(N2CCN(C)CC(C(=O)O)C2)ccc1Br. The van der Waals surface area contributed by atoms with E-state index in [2.05, 4.69) is 31.8 Å². The molecular formula is C14H19BrN2O2. The van der Waals surface area contributed by atoms with E-state index in [1.807, 2.05) is 26.1 Å². The molecule has 0 radical (unpaired) electrons. The van der Waals surface area contributed by atoms with E-state index >= 15 is 0 Å². The van der Waals surface area contributed by atoms with Crippen molar-refractivity contribution in [2.24, 2.45) is 5.92 Å². The minimum Gasteiger partial charge on any atom is -0.481 e. The van der Waals surface area contributed by atoms with Crippen molar-refractivity contribution >= 4 is 27.6 Å². The Morgan fingerprint density at radius 2 is 2.11 bits per heavy atom. The second-order valence-corrected chi connectivity index (χ2v) is 6.03. The molecule has 0 bridgehead atoms. The second-order valence-electron chi connectivity index (χ2n) is 5.18. The Kier molecular flexibility index (Phi) is 4.47. The summed E-state index contributed by atoms with van der Waals surface area (Å²) in [5.74, 6) is -1.05. The maximum absolute atomic E-state index is 11.3. The van der Waals surface area contributed by atoms with E-state index in [1.165, 1.54) is 5.56 Å². The normalized spacial score (nSPS) is 21.2. The number of benzene rings is 1. The van der Waals surface area contributed by atoms with Gasteiger partial charge in [0.05, 0.1) is 5.92 Å². The minimum atomic E-state index is -0.715. The summed E-state index contributed by atoms with van der Waals surface area (Å²) in [6, 6.07) is 6.17. The molecule has 4 nitrogen and oxygen atoms in total. The molecule has 1 aliphatic heterocycles. The lowest BCUT2D eigenvalue weighted by Gasteiger charge is -2.25. The van der Waals surface area contributed by atoms with E-state index in [1.54, 1.807) is 0 Å². The molecule has 1 heterocycles. The van der Waals surface area contributed by atoms with Gasteiger partial charge in [-0.3, -0.25) is 4.79 Å². The van der Waals surface area contributed by atoms with Gasteiger partial charge in [-0.15, -0.1) is 0 Å². The molecule has 1 atom stereocenters. The highest BCUT2D eigenvalue weighted by Gasteiger charge is 2.26. The second kappa shape index (κ2) is 5.92. The summed E-state index contributed by atoms with van der Waals surface area (Å²) in [4.78, 5) is 15.5. The highest BCUT2D eigenvalue weighted by atomic mass is 79.9. The third-order valence-corrected chi connectivity index (χ3v) is 4.47. The molecular weight excluding hydrogens is 308 g/mol. The van der Waals surface area contributed by atoms with E-state index in [0.717, 1.165) is 23.2 Å². The fraction of sp³-hybridized carbons (Fsp3) is 0.500. The molecule has 1 aromatic rings. The fourth-order valence-corrected chi connectivity index (χ4v) is 2.64. The molecule has 1 unspecified atom stereocenters. The van der Waals surface area contributed by atoms with Gasteiger partial charge in [-0.2, -0.15) is 0 Å². The Hall–Kier alpha value is -1.07. The Morgan fingerprint density at radius 3 is 2.74 bits per heavy atom. The van der Waals surface area contributed by atoms with Crippen molar-refractivity contribution in [3.63, 3.8) is 0 Å². The zero-order valence-corrected chi connectivity index (χ0v) is 12.9. The summed E-state index contributed by atoms with van der Waals surface area (Å²) < 4.78 is 1.08. The van der Waals surface area contributed by atoms with E-state index in [4.69, 9.17) is 0 Å². The largest absolute Gasteiger partial charge is 0.481 e. The zero-order valence-electron chi connectivity index (χ0n) is 11.3. The molecule has 0 aliphatic carbocycles. The maximum atomic E-state index is 11.3. The number of anilines is 1. The number of nitrogens with zero attached hydrogens (tertiary/aromatic N) is 2. The van der Waals surface area contributed by atoms with Gasteiger partial charge < -0.3 is 14.9 Å². The van der Waals surface area contributed by atoms with Crippen LogP contribution in [0.3, 0.4) is 0 Å². The monoisotopic (exact) mass is 326 g/mol. The van der Waals surface area contributed by atoms with Gasteiger partial charge in [0.1, 0.15) is 0 Å². The predicted octanol–water partition coefficient (Wildman–Crippen LogP) is 2.21. The number of rotatable bonds is 2. The van der Waals surface area contributed by atoms with Crippen LogP contribution in [0, 0.1) is 12.8 Å². The molecule has 5 heteroatoms. The van der Waals surface area contributed by atoms with Gasteiger partial charge in [0, 0.05) is 36.3 Å². The summed E-state index contributed by atoms with van der Waals surface area (Å²) in [5.41, 5.74) is 2.27. The van der Waals surface area contributed by atoms with E-state index < -0.39 is 5.97 Å². The number of hydrogen-bond donors (Lipinski definition) is 1. The number of halogens is 1. The van der Waals surface area contributed by atoms with Crippen LogP contribution in [0.5, 0.6) is 0 Å². The third kappa shape index (κ3) is 3.48. The third-order valence-electron chi connectivity index (χ3n) is 3.58. The molecule has 1 aliphatic rings. The zero-order chi connectivity index (χ0) is 14.0. The highest BCUT2D eigenvalue weighted by Crippen LogP contribution is 2.24. The molecule has 104 valence electrons. The topological polar surface area (TPSA) is 43.8 Å². The van der Waals surface area contributed by atoms with Crippen molar-refractivity contribution in [1.29, 1.82) is 0 Å². The highest BCUT2D eigenvalue weighted by molar-refractivity contribution is 9.10. The van der Waals surface area contributed by atoms with Crippen molar-refractivity contribution < 1.29 is 9.90 Å². The first-order chi connectivity index (χ1) is 8.97. The smallest absolute Gasteiger partial charge is 0.309 e. The molecule has 1 N–H and O–H groups in total. The van der Waals surface area contributed by atoms with Crippen LogP contribution in [-0.2, 0) is 4.79 Å². The van der Waals surface area contributed by atoms with E-state index in [9.17, 15) is 9.90 Å². The van der Waals surface area contributed by atoms with E-state index in [-0.39, 0.29) is 5.92 Å². The summed E-state index contributed by atoms with van der Waals surface area (Å²) >= 11 is 3.49. The molecule has 2 rings (SSSR count). The minimum absolute atomic E-state index is 0.337. The summed E-state index contributed by atoms with van der Waals surface area (Å²) in [7, 11) is 1.98. The first-order valence-electron chi connectivity index (χ1n) is 6.40. The number of hydrogen-bond acceptors (Lipinski definition) is 3. The Balaban J connectivity index is 2.22. The van der Waals surface area contributed by atoms with Gasteiger partial charge in [-0.1, -0.05) is 15.9 Å². The van der Waals surface area contributed by atoms with Crippen molar-refractivity contribution in [3.05, 3.63) is 28.2 Å². The molecule has 1 saturated heterocycles. The van der Waals surface area contributed by atoms with Gasteiger partial charge in [0.2, 0.25) is 0 Å². The number of carboxylic acids is 1. The summed E-state index contributed by atoms with van der Waals surface area (Å²) in [6.07, 6.45) is 0. The number of carboxylic acid groups (broad SMARTS) is 1. The van der Waals surface area contributed by atoms with Crippen LogP contribution < -0.4 is 4.90 Å². The molecule has 1 aromatic carbocycles. The van der Waals surface area contributed by atoms with Crippen LogP contribution in [0.2, 0.25) is 0 Å². The molecule has 19 heavy (non-hydrogen) atoms. The summed E-state index contributed by atoms with van der Waals surface area (Å²) in [5, 5.41) is 9.28. The standard InChI is InChI=1S/C14H19BrN2O2/c1-10-7-12(3-4-13(10)15)17-6-5-16(2)8-11(9-17)14(18)19/h3-4,7,11H,5-6,8-9H2,1-2H3,(H,18,19). The first kappa shape index (κ1) is 14.3. The van der Waals surface area contributed by atoms with Crippen molar-refractivity contribution in [3.8, 4) is 0 Å². The average molecular weight is 327 g/mol. The number of likely N-dealkylation sites (N-methyl/N-ethyl adjacent to an activating group) is 1. The van der Waals surface area contributed by atoms with Gasteiger partial charge >= 0.3 is 5.97 Å². The lowest BCUT2D eigenvalue weighted by molar-refractivity contribution is -0.141. The number of aryl methyl sites for hydroxylation is 1. The number of aliphatic carboxylic acids is 1. The van der Waals surface area contributed by atoms with Crippen LogP contribution in [0.15, 0.2) is 22.7 Å². The van der Waals surface area contributed by atoms with Crippen molar-refractivity contribution in [1.82, 2.24) is 4.90 Å². The molecule has 0 spiro atoms. The number of carbonyl (C=O) groups is 1. The Morgan fingerprint density at radius 1 is 1.37 bits per heavy atom. The van der Waals surface area contributed by atoms with Crippen LogP contribution >= 0.6 is 15.9 Å². The lowest BCUT2D eigenvalue weighted by atomic mass is 10.1. The van der Waals surface area contributed by atoms with Gasteiger partial charge in [0.25, 0.3) is 0 Å². The summed E-state index contributed by atoms with van der Waals surface area (Å²) in [6.45, 7) is 4.98. The first-order valence-corrected chi connectivity index (χ1v) is 7.19. The van der Waals surface area contributed by atoms with Gasteiger partial charge in [0.15, 0.2) is 0 Å². The van der Waals surface area contributed by atoms with Crippen molar-refractivity contribution in [2.45, 2.75) is 6.92 Å². The van der Waals surface area contributed by atoms with Gasteiger partial charge in [-0.25, -0.2) is 0 Å². The van der Waals surface area contributed by atoms with E-state index in [0.29, 0.717) is 13.1 Å². The Bertz CT molecular complexity index is 479. The Labute approximate surface area is 122 Å². The van der Waals surface area contributed by atoms with Crippen LogP contribution in [0.4, 0.5) is 5.69 Å². The molecule has 0 amide bonds. The lowest BCUT2D eigenvalue weighted by Crippen LogP contribution is -2.34. The maximum Gasteiger partial charge on any atom is 0.309 e. The van der Waals surface area contributed by atoms with Crippen LogP contribution in [-0.4, -0.2) is 49.2 Å². The van der Waals surface area contributed by atoms with Crippen molar-refractivity contribution in [2.75, 3.05) is 38.1 Å². The van der Waals surface area contributed by atoms with Gasteiger partial charge in [-0.05, 0) is 37.7 Å². The molecule has 0 saturated carbocycles. The average Bonchev–Trinajstić information content (AvgIpc) is 2.55. The fourth-order valence-electron chi connectivity index (χ4n) is 2.39. The molecule has 0 aromatic heterocycles.